The molecule has 2 aromatic carbocycles. The van der Waals surface area contributed by atoms with Crippen molar-refractivity contribution in [2.24, 2.45) is 5.73 Å². The second-order valence-electron chi connectivity index (χ2n) is 4.79. The molecular weight excluding hydrogens is 357 g/mol. The summed E-state index contributed by atoms with van der Waals surface area (Å²) in [5.74, 6) is -0.621. The summed E-state index contributed by atoms with van der Waals surface area (Å²) in [5.41, 5.74) is 7.57. The SMILES string of the molecule is NC(=O)c1cc(-c2ccc(Cl)cc2)n(-c2ccc(Cl)cc2Cl)n1. The first-order valence-electron chi connectivity index (χ1n) is 6.57. The average molecular weight is 367 g/mol. The smallest absolute Gasteiger partial charge is 0.269 e. The summed E-state index contributed by atoms with van der Waals surface area (Å²) in [6.45, 7) is 0. The second-order valence-corrected chi connectivity index (χ2v) is 6.07. The van der Waals surface area contributed by atoms with Gasteiger partial charge in [0.1, 0.15) is 0 Å². The normalized spacial score (nSPS) is 10.7. The van der Waals surface area contributed by atoms with Gasteiger partial charge in [-0.3, -0.25) is 4.79 Å². The molecule has 4 nitrogen and oxygen atoms in total. The topological polar surface area (TPSA) is 60.9 Å². The first kappa shape index (κ1) is 15.9. The summed E-state index contributed by atoms with van der Waals surface area (Å²) in [7, 11) is 0. The van der Waals surface area contributed by atoms with Crippen LogP contribution in [-0.4, -0.2) is 15.7 Å². The van der Waals surface area contributed by atoms with Gasteiger partial charge in [0.2, 0.25) is 0 Å². The minimum Gasteiger partial charge on any atom is -0.364 e. The highest BCUT2D eigenvalue weighted by Gasteiger charge is 2.16. The molecule has 1 heterocycles. The van der Waals surface area contributed by atoms with Gasteiger partial charge in [-0.1, -0.05) is 46.9 Å². The van der Waals surface area contributed by atoms with Crippen LogP contribution in [0, 0.1) is 0 Å². The van der Waals surface area contributed by atoms with Crippen molar-refractivity contribution in [1.29, 1.82) is 0 Å². The van der Waals surface area contributed by atoms with Crippen LogP contribution in [0.5, 0.6) is 0 Å². The van der Waals surface area contributed by atoms with Gasteiger partial charge in [-0.15, -0.1) is 0 Å². The number of hydrogen-bond donors (Lipinski definition) is 1. The lowest BCUT2D eigenvalue weighted by Crippen LogP contribution is -2.12. The highest BCUT2D eigenvalue weighted by atomic mass is 35.5. The Labute approximate surface area is 147 Å². The van der Waals surface area contributed by atoms with E-state index in [-0.39, 0.29) is 5.69 Å². The van der Waals surface area contributed by atoms with E-state index < -0.39 is 5.91 Å². The molecule has 0 saturated carbocycles. The third-order valence-corrected chi connectivity index (χ3v) is 4.03. The van der Waals surface area contributed by atoms with E-state index in [0.717, 1.165) is 5.56 Å². The van der Waals surface area contributed by atoms with Crippen LogP contribution < -0.4 is 5.73 Å². The molecule has 116 valence electrons. The van der Waals surface area contributed by atoms with E-state index in [9.17, 15) is 4.79 Å². The Morgan fingerprint density at radius 1 is 0.957 bits per heavy atom. The van der Waals surface area contributed by atoms with E-state index >= 15 is 0 Å². The Kier molecular flexibility index (Phi) is 4.31. The largest absolute Gasteiger partial charge is 0.364 e. The maximum atomic E-state index is 11.5. The number of primary amides is 1. The van der Waals surface area contributed by atoms with Crippen LogP contribution in [0.3, 0.4) is 0 Å². The van der Waals surface area contributed by atoms with Crippen LogP contribution in [0.1, 0.15) is 10.5 Å². The number of benzene rings is 2. The maximum Gasteiger partial charge on any atom is 0.269 e. The molecule has 0 saturated heterocycles. The monoisotopic (exact) mass is 365 g/mol. The average Bonchev–Trinajstić information content (AvgIpc) is 2.93. The second kappa shape index (κ2) is 6.24. The third-order valence-electron chi connectivity index (χ3n) is 3.24. The van der Waals surface area contributed by atoms with E-state index in [1.54, 1.807) is 41.1 Å². The first-order chi connectivity index (χ1) is 11.0. The highest BCUT2D eigenvalue weighted by molar-refractivity contribution is 6.35. The lowest BCUT2D eigenvalue weighted by atomic mass is 10.1. The highest BCUT2D eigenvalue weighted by Crippen LogP contribution is 2.30. The Balaban J connectivity index is 2.22. The van der Waals surface area contributed by atoms with Crippen molar-refractivity contribution in [1.82, 2.24) is 9.78 Å². The molecular formula is C16H10Cl3N3O. The maximum absolute atomic E-state index is 11.5. The van der Waals surface area contributed by atoms with Crippen molar-refractivity contribution >= 4 is 40.7 Å². The van der Waals surface area contributed by atoms with Crippen molar-refractivity contribution in [3.05, 3.63) is 69.3 Å². The Morgan fingerprint density at radius 3 is 2.22 bits per heavy atom. The third kappa shape index (κ3) is 3.20. The molecule has 0 aliphatic carbocycles. The van der Waals surface area contributed by atoms with Crippen LogP contribution in [0.15, 0.2) is 48.5 Å². The molecule has 0 unspecified atom stereocenters. The zero-order valence-corrected chi connectivity index (χ0v) is 13.9. The summed E-state index contributed by atoms with van der Waals surface area (Å²) in [4.78, 5) is 11.5. The van der Waals surface area contributed by atoms with Gasteiger partial charge in [0, 0.05) is 15.6 Å². The first-order valence-corrected chi connectivity index (χ1v) is 7.70. The summed E-state index contributed by atoms with van der Waals surface area (Å²) in [5, 5.41) is 5.78. The number of nitrogens with two attached hydrogens (primary N) is 1. The number of carbonyl (C=O) groups is 1. The van der Waals surface area contributed by atoms with Gasteiger partial charge in [-0.2, -0.15) is 5.10 Å². The number of nitrogens with zero attached hydrogens (tertiary/aromatic N) is 2. The molecule has 0 spiro atoms. The van der Waals surface area contributed by atoms with Crippen molar-refractivity contribution in [2.75, 3.05) is 0 Å². The van der Waals surface area contributed by atoms with Crippen molar-refractivity contribution < 1.29 is 4.79 Å². The van der Waals surface area contributed by atoms with E-state index in [2.05, 4.69) is 5.10 Å². The van der Waals surface area contributed by atoms with Gasteiger partial charge >= 0.3 is 0 Å². The molecule has 3 rings (SSSR count). The predicted molar refractivity (Wildman–Crippen MR) is 92.5 cm³/mol. The van der Waals surface area contributed by atoms with Gasteiger partial charge in [-0.05, 0) is 36.4 Å². The van der Waals surface area contributed by atoms with Crippen LogP contribution in [0.25, 0.3) is 16.9 Å². The number of amides is 1. The van der Waals surface area contributed by atoms with Crippen LogP contribution in [0.4, 0.5) is 0 Å². The predicted octanol–water partition coefficient (Wildman–Crippen LogP) is 4.60. The van der Waals surface area contributed by atoms with Crippen LogP contribution in [0.2, 0.25) is 15.1 Å². The van der Waals surface area contributed by atoms with Crippen molar-refractivity contribution in [3.63, 3.8) is 0 Å². The summed E-state index contributed by atoms with van der Waals surface area (Å²) < 4.78 is 1.56. The Bertz CT molecular complexity index is 888. The summed E-state index contributed by atoms with van der Waals surface area (Å²) in [6.07, 6.45) is 0. The van der Waals surface area contributed by atoms with Crippen molar-refractivity contribution in [3.8, 4) is 16.9 Å². The van der Waals surface area contributed by atoms with Gasteiger partial charge in [0.15, 0.2) is 5.69 Å². The van der Waals surface area contributed by atoms with E-state index in [1.165, 1.54) is 0 Å². The molecule has 2 N–H and O–H groups in total. The zero-order valence-electron chi connectivity index (χ0n) is 11.6. The molecule has 0 fully saturated rings. The quantitative estimate of drug-likeness (QED) is 0.736. The fourth-order valence-corrected chi connectivity index (χ4v) is 2.78. The molecule has 0 atom stereocenters. The molecule has 0 radical (unpaired) electrons. The molecule has 0 aliphatic heterocycles. The minimum absolute atomic E-state index is 0.140. The number of aromatic nitrogens is 2. The van der Waals surface area contributed by atoms with Gasteiger partial charge < -0.3 is 5.73 Å². The van der Waals surface area contributed by atoms with Crippen molar-refractivity contribution in [2.45, 2.75) is 0 Å². The number of carbonyl (C=O) groups excluding carboxylic acids is 1. The Hall–Kier alpha value is -2.01. The standard InChI is InChI=1S/C16H10Cl3N3O/c17-10-3-1-9(2-4-10)15-8-13(16(20)23)21-22(15)14-6-5-11(18)7-12(14)19/h1-8H,(H2,20,23). The fraction of sp³-hybridized carbons (Fsp3) is 0. The van der Waals surface area contributed by atoms with Gasteiger partial charge in [0.25, 0.3) is 5.91 Å². The number of halogens is 3. The number of rotatable bonds is 3. The van der Waals surface area contributed by atoms with Gasteiger partial charge in [0.05, 0.1) is 16.4 Å². The molecule has 0 bridgehead atoms. The Morgan fingerprint density at radius 2 is 1.61 bits per heavy atom. The summed E-state index contributed by atoms with van der Waals surface area (Å²) >= 11 is 18.1. The fourth-order valence-electron chi connectivity index (χ4n) is 2.16. The summed E-state index contributed by atoms with van der Waals surface area (Å²) in [6, 6.07) is 13.8. The van der Waals surface area contributed by atoms with E-state index in [1.807, 2.05) is 12.1 Å². The molecule has 7 heteroatoms. The molecule has 0 aliphatic rings. The van der Waals surface area contributed by atoms with E-state index in [0.29, 0.717) is 26.4 Å². The van der Waals surface area contributed by atoms with Gasteiger partial charge in [-0.25, -0.2) is 4.68 Å². The molecule has 3 aromatic rings. The molecule has 1 amide bonds. The minimum atomic E-state index is -0.621. The lowest BCUT2D eigenvalue weighted by molar-refractivity contribution is 0.0995. The van der Waals surface area contributed by atoms with Crippen LogP contribution in [-0.2, 0) is 0 Å². The number of hydrogen-bond acceptors (Lipinski definition) is 2. The molecule has 1 aromatic heterocycles. The lowest BCUT2D eigenvalue weighted by Gasteiger charge is -2.09. The van der Waals surface area contributed by atoms with E-state index in [4.69, 9.17) is 40.5 Å². The molecule has 23 heavy (non-hydrogen) atoms. The zero-order chi connectivity index (χ0) is 16.6. The van der Waals surface area contributed by atoms with Crippen LogP contribution >= 0.6 is 34.8 Å².